The molecule has 0 bridgehead atoms. The Bertz CT molecular complexity index is 473. The molecule has 0 saturated heterocycles. The Hall–Kier alpha value is -2.02. The van der Waals surface area contributed by atoms with Gasteiger partial charge in [0.15, 0.2) is 0 Å². The van der Waals surface area contributed by atoms with Crippen molar-refractivity contribution in [3.8, 4) is 0 Å². The second-order valence-electron chi connectivity index (χ2n) is 3.47. The zero-order chi connectivity index (χ0) is 13.5. The first-order valence-electron chi connectivity index (χ1n) is 5.20. The normalized spacial score (nSPS) is 10.7. The van der Waals surface area contributed by atoms with Crippen LogP contribution in [0.15, 0.2) is 27.7 Å². The lowest BCUT2D eigenvalue weighted by Crippen LogP contribution is -2.41. The molecule has 2 N–H and O–H groups in total. The Morgan fingerprint density at radius 2 is 1.72 bits per heavy atom. The van der Waals surface area contributed by atoms with Crippen LogP contribution in [-0.4, -0.2) is 23.5 Å². The zero-order valence-corrected chi connectivity index (χ0v) is 11.2. The van der Waals surface area contributed by atoms with Gasteiger partial charge in [0.25, 0.3) is 0 Å². The summed E-state index contributed by atoms with van der Waals surface area (Å²) in [6.45, 7) is 4.45. The molecule has 0 aliphatic heterocycles. The smallest absolute Gasteiger partial charge is 0.229 e. The van der Waals surface area contributed by atoms with Gasteiger partial charge in [-0.05, 0) is 18.4 Å². The molecule has 0 unspecified atom stereocenters. The van der Waals surface area contributed by atoms with Crippen molar-refractivity contribution in [3.63, 3.8) is 0 Å². The summed E-state index contributed by atoms with van der Waals surface area (Å²) < 4.78 is 0. The van der Waals surface area contributed by atoms with Crippen molar-refractivity contribution >= 4 is 34.8 Å². The maximum Gasteiger partial charge on any atom is 0.229 e. The van der Waals surface area contributed by atoms with Gasteiger partial charge in [-0.1, -0.05) is 6.07 Å². The van der Waals surface area contributed by atoms with Gasteiger partial charge in [-0.15, -0.1) is 16.4 Å². The van der Waals surface area contributed by atoms with E-state index in [9.17, 15) is 9.59 Å². The molecule has 0 spiro atoms. The summed E-state index contributed by atoms with van der Waals surface area (Å²) in [7, 11) is 0. The molecule has 18 heavy (non-hydrogen) atoms. The Kier molecular flexibility index (Phi) is 5.19. The molecule has 0 aliphatic carbocycles. The number of hydrogen-bond acceptors (Lipinski definition) is 5. The largest absolute Gasteiger partial charge is 0.295 e. The fourth-order valence-electron chi connectivity index (χ4n) is 1.07. The third-order valence-corrected chi connectivity index (χ3v) is 2.75. The van der Waals surface area contributed by atoms with Crippen LogP contribution in [0.25, 0.3) is 0 Å². The summed E-state index contributed by atoms with van der Waals surface area (Å²) in [6.07, 6.45) is 0. The Labute approximate surface area is 109 Å². The summed E-state index contributed by atoms with van der Waals surface area (Å²) in [5.41, 5.74) is 0.707. The van der Waals surface area contributed by atoms with Crippen molar-refractivity contribution in [1.29, 1.82) is 0 Å². The monoisotopic (exact) mass is 266 g/mol. The number of thiophene rings is 1. The predicted molar refractivity (Wildman–Crippen MR) is 71.6 cm³/mol. The zero-order valence-electron chi connectivity index (χ0n) is 10.4. The highest BCUT2D eigenvalue weighted by Gasteiger charge is 2.04. The molecule has 0 radical (unpaired) electrons. The molecule has 1 rings (SSSR count). The van der Waals surface area contributed by atoms with E-state index in [1.807, 2.05) is 17.5 Å². The molecule has 0 aromatic carbocycles. The van der Waals surface area contributed by atoms with E-state index >= 15 is 0 Å². The summed E-state index contributed by atoms with van der Waals surface area (Å²) in [5.74, 6) is -0.635. The minimum atomic E-state index is -0.327. The van der Waals surface area contributed by atoms with Crippen molar-refractivity contribution in [1.82, 2.24) is 10.6 Å². The van der Waals surface area contributed by atoms with Crippen molar-refractivity contribution in [2.45, 2.75) is 20.8 Å². The molecule has 6 nitrogen and oxygen atoms in total. The number of hydrogen-bond donors (Lipinski definition) is 2. The van der Waals surface area contributed by atoms with E-state index in [-0.39, 0.29) is 17.8 Å². The lowest BCUT2D eigenvalue weighted by molar-refractivity contribution is -0.117. The number of guanidine groups is 1. The third-order valence-electron chi connectivity index (χ3n) is 1.77. The maximum atomic E-state index is 10.9. The number of nitrogens with zero attached hydrogens (tertiary/aromatic N) is 2. The standard InChI is InChI=1S/C11H14N4O2S/c1-7(10-5-4-6-18-10)14-15-11(12-8(2)16)13-9(3)17/h4-6H,1-3H3,(H2,12,13,15,16,17)/b14-7-. The van der Waals surface area contributed by atoms with Gasteiger partial charge in [0, 0.05) is 13.8 Å². The first-order valence-corrected chi connectivity index (χ1v) is 6.08. The lowest BCUT2D eigenvalue weighted by atomic mass is 10.3. The second kappa shape index (κ2) is 6.65. The fourth-order valence-corrected chi connectivity index (χ4v) is 1.75. The molecule has 2 amide bonds. The van der Waals surface area contributed by atoms with E-state index in [1.165, 1.54) is 25.2 Å². The molecule has 0 fully saturated rings. The average Bonchev–Trinajstić information content (AvgIpc) is 2.77. The minimum Gasteiger partial charge on any atom is -0.295 e. The molecular formula is C11H14N4O2S. The number of nitrogens with one attached hydrogen (secondary N) is 2. The van der Waals surface area contributed by atoms with Crippen LogP contribution < -0.4 is 10.6 Å². The van der Waals surface area contributed by atoms with E-state index in [1.54, 1.807) is 6.92 Å². The first kappa shape index (κ1) is 14.0. The quantitative estimate of drug-likeness (QED) is 0.477. The van der Waals surface area contributed by atoms with Crippen LogP contribution in [0, 0.1) is 0 Å². The van der Waals surface area contributed by atoms with Crippen LogP contribution in [-0.2, 0) is 9.59 Å². The van der Waals surface area contributed by atoms with Gasteiger partial charge in [0.2, 0.25) is 17.8 Å². The Morgan fingerprint density at radius 1 is 1.11 bits per heavy atom. The van der Waals surface area contributed by atoms with Crippen LogP contribution in [0.1, 0.15) is 25.6 Å². The Morgan fingerprint density at radius 3 is 2.17 bits per heavy atom. The highest BCUT2D eigenvalue weighted by molar-refractivity contribution is 7.12. The van der Waals surface area contributed by atoms with Crippen molar-refractivity contribution in [2.75, 3.05) is 0 Å². The maximum absolute atomic E-state index is 10.9. The molecule has 96 valence electrons. The van der Waals surface area contributed by atoms with Gasteiger partial charge in [-0.3, -0.25) is 20.2 Å². The van der Waals surface area contributed by atoms with Crippen molar-refractivity contribution in [3.05, 3.63) is 22.4 Å². The van der Waals surface area contributed by atoms with E-state index in [2.05, 4.69) is 20.8 Å². The van der Waals surface area contributed by atoms with Crippen molar-refractivity contribution in [2.24, 2.45) is 10.2 Å². The number of carbonyl (C=O) groups is 2. The summed E-state index contributed by atoms with van der Waals surface area (Å²) in [5, 5.41) is 14.5. The first-order chi connectivity index (χ1) is 8.49. The molecule has 0 atom stereocenters. The van der Waals surface area contributed by atoms with Gasteiger partial charge in [-0.25, -0.2) is 0 Å². The minimum absolute atomic E-state index is 0.0194. The van der Waals surface area contributed by atoms with Gasteiger partial charge < -0.3 is 0 Å². The molecule has 0 aliphatic rings. The van der Waals surface area contributed by atoms with E-state index in [0.717, 1.165) is 4.88 Å². The van der Waals surface area contributed by atoms with Gasteiger partial charge in [0.05, 0.1) is 10.6 Å². The number of amides is 2. The molecule has 7 heteroatoms. The summed E-state index contributed by atoms with van der Waals surface area (Å²) in [4.78, 5) is 22.8. The summed E-state index contributed by atoms with van der Waals surface area (Å²) in [6, 6.07) is 3.82. The van der Waals surface area contributed by atoms with Crippen LogP contribution in [0.4, 0.5) is 0 Å². The molecule has 0 saturated carbocycles. The van der Waals surface area contributed by atoms with Crippen molar-refractivity contribution < 1.29 is 9.59 Å². The average molecular weight is 266 g/mol. The number of carbonyl (C=O) groups excluding carboxylic acids is 2. The molecule has 1 heterocycles. The van der Waals surface area contributed by atoms with Crippen LogP contribution in [0.5, 0.6) is 0 Å². The van der Waals surface area contributed by atoms with Gasteiger partial charge >= 0.3 is 0 Å². The van der Waals surface area contributed by atoms with Gasteiger partial charge in [-0.2, -0.15) is 5.10 Å². The number of rotatable bonds is 2. The SMILES string of the molecule is CC(=O)NC(=N/N=C(/C)c1cccs1)NC(C)=O. The third kappa shape index (κ3) is 4.88. The fraction of sp³-hybridized carbons (Fsp3) is 0.273. The van der Waals surface area contributed by atoms with E-state index in [4.69, 9.17) is 0 Å². The highest BCUT2D eigenvalue weighted by atomic mass is 32.1. The van der Waals surface area contributed by atoms with Crippen LogP contribution >= 0.6 is 11.3 Å². The highest BCUT2D eigenvalue weighted by Crippen LogP contribution is 2.09. The topological polar surface area (TPSA) is 82.9 Å². The second-order valence-corrected chi connectivity index (χ2v) is 4.42. The molecule has 1 aromatic heterocycles. The lowest BCUT2D eigenvalue weighted by Gasteiger charge is -2.04. The molecular weight excluding hydrogens is 252 g/mol. The van der Waals surface area contributed by atoms with Crippen LogP contribution in [0.2, 0.25) is 0 Å². The summed E-state index contributed by atoms with van der Waals surface area (Å²) >= 11 is 1.54. The van der Waals surface area contributed by atoms with Gasteiger partial charge in [0.1, 0.15) is 0 Å². The molecule has 1 aromatic rings. The van der Waals surface area contributed by atoms with E-state index in [0.29, 0.717) is 5.71 Å². The van der Waals surface area contributed by atoms with Crippen LogP contribution in [0.3, 0.4) is 0 Å². The Balaban J connectivity index is 2.84. The predicted octanol–water partition coefficient (Wildman–Crippen LogP) is 1.10. The van der Waals surface area contributed by atoms with E-state index < -0.39 is 0 Å².